The van der Waals surface area contributed by atoms with Gasteiger partial charge in [0, 0.05) is 13.5 Å². The standard InChI is InChI=1S/C5H7O/c1-5-3-2-4-6-5/h5H,2-4H2. The zero-order valence-electron chi connectivity index (χ0n) is 3.61. The van der Waals surface area contributed by atoms with Crippen molar-refractivity contribution in [1.29, 1.82) is 0 Å². The van der Waals surface area contributed by atoms with Crippen LogP contribution in [0.15, 0.2) is 0 Å². The van der Waals surface area contributed by atoms with E-state index in [9.17, 15) is 0 Å². The number of hydrogen-bond donors (Lipinski definition) is 0. The van der Waals surface area contributed by atoms with Gasteiger partial charge in [-0.3, -0.25) is 0 Å². The summed E-state index contributed by atoms with van der Waals surface area (Å²) in [5.41, 5.74) is 0. The lowest BCUT2D eigenvalue weighted by Gasteiger charge is -1.93. The molecule has 0 aromatic rings. The minimum Gasteiger partial charge on any atom is -0.378 e. The Balaban J connectivity index is 2.18. The predicted molar refractivity (Wildman–Crippen MR) is 22.2 cm³/mol. The molecule has 1 unspecified atom stereocenters. The maximum atomic E-state index is 6.91. The van der Waals surface area contributed by atoms with Gasteiger partial charge in [0.2, 0.25) is 0 Å². The fourth-order valence-electron chi connectivity index (χ4n) is 0.578. The Kier molecular flexibility index (Phi) is 1.10. The molecule has 6 heavy (non-hydrogen) atoms. The summed E-state index contributed by atoms with van der Waals surface area (Å²) in [6.07, 6.45) is 1.80. The second-order valence-corrected chi connectivity index (χ2v) is 1.50. The van der Waals surface area contributed by atoms with Crippen molar-refractivity contribution in [1.82, 2.24) is 0 Å². The third kappa shape index (κ3) is 0.716. The van der Waals surface area contributed by atoms with E-state index >= 15 is 0 Å². The Hall–Kier alpha value is -0.0400. The lowest BCUT2D eigenvalue weighted by Crippen LogP contribution is -1.94. The quantitative estimate of drug-likeness (QED) is 0.420. The molecule has 1 aliphatic rings. The molecule has 1 heterocycles. The first kappa shape index (κ1) is 4.13. The summed E-state index contributed by atoms with van der Waals surface area (Å²) in [6, 6.07) is 0. The SMILES string of the molecule is [C]C1CCCO1. The Labute approximate surface area is 38.3 Å². The molecule has 0 spiro atoms. The smallest absolute Gasteiger partial charge is 0.0652 e. The molecular formula is C5H7O. The van der Waals surface area contributed by atoms with Crippen LogP contribution in [0.3, 0.4) is 0 Å². The van der Waals surface area contributed by atoms with Crippen molar-refractivity contribution in [3.63, 3.8) is 0 Å². The van der Waals surface area contributed by atoms with Crippen LogP contribution in [0.25, 0.3) is 0 Å². The molecule has 1 atom stereocenters. The van der Waals surface area contributed by atoms with E-state index in [2.05, 4.69) is 0 Å². The highest BCUT2D eigenvalue weighted by Crippen LogP contribution is 2.08. The van der Waals surface area contributed by atoms with Gasteiger partial charge in [-0.05, 0) is 12.8 Å². The molecule has 1 aliphatic heterocycles. The van der Waals surface area contributed by atoms with Gasteiger partial charge in [-0.25, -0.2) is 0 Å². The molecule has 3 radical (unpaired) electrons. The summed E-state index contributed by atoms with van der Waals surface area (Å²) in [5, 5.41) is 0. The highest BCUT2D eigenvalue weighted by molar-refractivity contribution is 4.64. The van der Waals surface area contributed by atoms with Crippen molar-refractivity contribution >= 4 is 0 Å². The molecule has 0 aromatic heterocycles. The van der Waals surface area contributed by atoms with Crippen LogP contribution in [0.1, 0.15) is 12.8 Å². The van der Waals surface area contributed by atoms with E-state index in [1.54, 1.807) is 0 Å². The van der Waals surface area contributed by atoms with Gasteiger partial charge >= 0.3 is 0 Å². The van der Waals surface area contributed by atoms with E-state index in [0.29, 0.717) is 0 Å². The van der Waals surface area contributed by atoms with Crippen LogP contribution in [0.4, 0.5) is 0 Å². The molecule has 0 amide bonds. The lowest BCUT2D eigenvalue weighted by atomic mass is 10.3. The summed E-state index contributed by atoms with van der Waals surface area (Å²) < 4.78 is 4.82. The van der Waals surface area contributed by atoms with Crippen LogP contribution >= 0.6 is 0 Å². The van der Waals surface area contributed by atoms with Crippen LogP contribution in [0.5, 0.6) is 0 Å². The molecule has 1 heteroatoms. The average Bonchev–Trinajstić information content (AvgIpc) is 1.86. The number of rotatable bonds is 0. The minimum atomic E-state index is -0.204. The zero-order valence-corrected chi connectivity index (χ0v) is 3.61. The second kappa shape index (κ2) is 1.61. The van der Waals surface area contributed by atoms with Crippen molar-refractivity contribution in [2.24, 2.45) is 0 Å². The molecule has 0 aliphatic carbocycles. The fraction of sp³-hybridized carbons (Fsp3) is 0.800. The third-order valence-electron chi connectivity index (χ3n) is 0.930. The largest absolute Gasteiger partial charge is 0.378 e. The van der Waals surface area contributed by atoms with Crippen molar-refractivity contribution in [2.75, 3.05) is 6.61 Å². The van der Waals surface area contributed by atoms with Gasteiger partial charge in [-0.15, -0.1) is 0 Å². The Morgan fingerprint density at radius 1 is 1.67 bits per heavy atom. The summed E-state index contributed by atoms with van der Waals surface area (Å²) in [4.78, 5) is 0. The van der Waals surface area contributed by atoms with Crippen LogP contribution in [0.2, 0.25) is 0 Å². The van der Waals surface area contributed by atoms with E-state index in [0.717, 1.165) is 19.4 Å². The van der Waals surface area contributed by atoms with E-state index < -0.39 is 0 Å². The minimum absolute atomic E-state index is 0.204. The highest BCUT2D eigenvalue weighted by atomic mass is 16.5. The van der Waals surface area contributed by atoms with Crippen molar-refractivity contribution in [2.45, 2.75) is 18.9 Å². The van der Waals surface area contributed by atoms with Crippen molar-refractivity contribution < 1.29 is 4.74 Å². The van der Waals surface area contributed by atoms with Crippen LogP contribution < -0.4 is 0 Å². The van der Waals surface area contributed by atoms with Crippen molar-refractivity contribution in [3.8, 4) is 0 Å². The lowest BCUT2D eigenvalue weighted by molar-refractivity contribution is 0.144. The molecule has 1 nitrogen and oxygen atoms in total. The van der Waals surface area contributed by atoms with E-state index in [-0.39, 0.29) is 6.10 Å². The summed E-state index contributed by atoms with van der Waals surface area (Å²) in [6.45, 7) is 7.71. The highest BCUT2D eigenvalue weighted by Gasteiger charge is 2.07. The van der Waals surface area contributed by atoms with E-state index in [1.165, 1.54) is 0 Å². The maximum Gasteiger partial charge on any atom is 0.0652 e. The van der Waals surface area contributed by atoms with Gasteiger partial charge in [0.25, 0.3) is 0 Å². The summed E-state index contributed by atoms with van der Waals surface area (Å²) >= 11 is 0. The van der Waals surface area contributed by atoms with Gasteiger partial charge < -0.3 is 4.74 Å². The molecule has 1 rings (SSSR count). The molecule has 33 valence electrons. The first-order valence-electron chi connectivity index (χ1n) is 2.22. The van der Waals surface area contributed by atoms with Gasteiger partial charge in [0.05, 0.1) is 6.10 Å². The number of hydrogen-bond acceptors (Lipinski definition) is 1. The molecular weight excluding hydrogens is 76.1 g/mol. The van der Waals surface area contributed by atoms with Gasteiger partial charge in [-0.2, -0.15) is 0 Å². The Morgan fingerprint density at radius 3 is 2.67 bits per heavy atom. The van der Waals surface area contributed by atoms with Crippen LogP contribution in [0, 0.1) is 6.92 Å². The molecule has 1 saturated heterocycles. The predicted octanol–water partition coefficient (Wildman–Crippen LogP) is 0.753. The fourth-order valence-corrected chi connectivity index (χ4v) is 0.578. The maximum absolute atomic E-state index is 6.91. The topological polar surface area (TPSA) is 9.23 Å². The molecule has 0 aromatic carbocycles. The normalized spacial score (nSPS) is 34.5. The van der Waals surface area contributed by atoms with Crippen molar-refractivity contribution in [3.05, 3.63) is 6.92 Å². The van der Waals surface area contributed by atoms with Gasteiger partial charge in [-0.1, -0.05) is 0 Å². The zero-order chi connectivity index (χ0) is 4.41. The third-order valence-corrected chi connectivity index (χ3v) is 0.930. The Morgan fingerprint density at radius 2 is 2.50 bits per heavy atom. The number of ether oxygens (including phenoxy) is 1. The average molecular weight is 83.1 g/mol. The van der Waals surface area contributed by atoms with Crippen LogP contribution in [-0.4, -0.2) is 12.7 Å². The second-order valence-electron chi connectivity index (χ2n) is 1.50. The molecule has 0 bridgehead atoms. The molecule has 0 N–H and O–H groups in total. The first-order valence-corrected chi connectivity index (χ1v) is 2.22. The van der Waals surface area contributed by atoms with Crippen LogP contribution in [-0.2, 0) is 4.74 Å². The Bertz CT molecular complexity index is 37.2. The first-order chi connectivity index (χ1) is 2.89. The summed E-state index contributed by atoms with van der Waals surface area (Å²) in [7, 11) is 0. The van der Waals surface area contributed by atoms with Gasteiger partial charge in [0.15, 0.2) is 0 Å². The van der Waals surface area contributed by atoms with E-state index in [1.807, 2.05) is 0 Å². The van der Waals surface area contributed by atoms with Gasteiger partial charge in [0.1, 0.15) is 0 Å². The monoisotopic (exact) mass is 83.0 g/mol. The molecule has 1 fully saturated rings. The summed E-state index contributed by atoms with van der Waals surface area (Å²) in [5.74, 6) is 0. The van der Waals surface area contributed by atoms with E-state index in [4.69, 9.17) is 11.7 Å². The molecule has 0 saturated carbocycles.